The summed E-state index contributed by atoms with van der Waals surface area (Å²) in [6.45, 7) is 4.96. The zero-order valence-corrected chi connectivity index (χ0v) is 11.9. The van der Waals surface area contributed by atoms with E-state index in [2.05, 4.69) is 28.9 Å². The fourth-order valence-electron chi connectivity index (χ4n) is 2.89. The molecule has 2 N–H and O–H groups in total. The van der Waals surface area contributed by atoms with Gasteiger partial charge in [-0.05, 0) is 44.0 Å². The third kappa shape index (κ3) is 2.43. The van der Waals surface area contributed by atoms with Crippen LogP contribution in [0, 0.1) is 0 Å². The lowest BCUT2D eigenvalue weighted by Crippen LogP contribution is -2.32. The molecule has 1 saturated heterocycles. The SMILES string of the molecule is CCN(CC1CCCO1)c1ccc(N)c2ncccc12. The summed E-state index contributed by atoms with van der Waals surface area (Å²) in [5, 5.41) is 1.12. The summed E-state index contributed by atoms with van der Waals surface area (Å²) in [7, 11) is 0. The van der Waals surface area contributed by atoms with Crippen LogP contribution in [0.4, 0.5) is 11.4 Å². The van der Waals surface area contributed by atoms with Gasteiger partial charge in [-0.25, -0.2) is 0 Å². The Balaban J connectivity index is 1.96. The molecule has 0 bridgehead atoms. The van der Waals surface area contributed by atoms with E-state index in [1.807, 2.05) is 12.1 Å². The molecule has 1 aromatic carbocycles. The molecule has 1 aromatic heterocycles. The number of hydrogen-bond acceptors (Lipinski definition) is 4. The zero-order chi connectivity index (χ0) is 13.9. The van der Waals surface area contributed by atoms with E-state index in [9.17, 15) is 0 Å². The van der Waals surface area contributed by atoms with E-state index in [0.29, 0.717) is 6.10 Å². The van der Waals surface area contributed by atoms with Gasteiger partial charge in [-0.2, -0.15) is 0 Å². The Morgan fingerprint density at radius 1 is 1.40 bits per heavy atom. The Morgan fingerprint density at radius 3 is 3.05 bits per heavy atom. The monoisotopic (exact) mass is 271 g/mol. The molecule has 1 atom stereocenters. The molecule has 4 heteroatoms. The summed E-state index contributed by atoms with van der Waals surface area (Å²) in [6, 6.07) is 8.10. The Labute approximate surface area is 119 Å². The van der Waals surface area contributed by atoms with Crippen LogP contribution in [0.5, 0.6) is 0 Å². The molecule has 1 aliphatic heterocycles. The van der Waals surface area contributed by atoms with E-state index in [1.165, 1.54) is 12.1 Å². The van der Waals surface area contributed by atoms with Crippen LogP contribution < -0.4 is 10.6 Å². The average Bonchev–Trinajstić information content (AvgIpc) is 2.99. The molecule has 1 fully saturated rings. The Bertz CT molecular complexity index is 593. The summed E-state index contributed by atoms with van der Waals surface area (Å²) in [4.78, 5) is 6.77. The van der Waals surface area contributed by atoms with Crippen LogP contribution in [0.1, 0.15) is 19.8 Å². The van der Waals surface area contributed by atoms with Gasteiger partial charge in [-0.1, -0.05) is 0 Å². The summed E-state index contributed by atoms with van der Waals surface area (Å²) in [5.74, 6) is 0. The number of rotatable bonds is 4. The van der Waals surface area contributed by atoms with Gasteiger partial charge in [0.2, 0.25) is 0 Å². The molecular formula is C16H21N3O. The second kappa shape index (κ2) is 5.67. The van der Waals surface area contributed by atoms with Crippen molar-refractivity contribution in [2.75, 3.05) is 30.3 Å². The molecule has 106 valence electrons. The van der Waals surface area contributed by atoms with Crippen LogP contribution in [0.2, 0.25) is 0 Å². The lowest BCUT2D eigenvalue weighted by Gasteiger charge is -2.27. The van der Waals surface area contributed by atoms with E-state index in [0.717, 1.165) is 42.7 Å². The van der Waals surface area contributed by atoms with E-state index >= 15 is 0 Å². The first kappa shape index (κ1) is 13.2. The van der Waals surface area contributed by atoms with Gasteiger partial charge < -0.3 is 15.4 Å². The normalized spacial score (nSPS) is 18.6. The van der Waals surface area contributed by atoms with Crippen LogP contribution >= 0.6 is 0 Å². The van der Waals surface area contributed by atoms with Gasteiger partial charge in [0.05, 0.1) is 17.3 Å². The number of likely N-dealkylation sites (N-methyl/N-ethyl adjacent to an activating group) is 1. The molecule has 0 aliphatic carbocycles. The fourth-order valence-corrected chi connectivity index (χ4v) is 2.89. The Morgan fingerprint density at radius 2 is 2.30 bits per heavy atom. The Hall–Kier alpha value is -1.81. The quantitative estimate of drug-likeness (QED) is 0.869. The minimum atomic E-state index is 0.347. The van der Waals surface area contributed by atoms with Crippen molar-refractivity contribution in [1.29, 1.82) is 0 Å². The fraction of sp³-hybridized carbons (Fsp3) is 0.438. The molecule has 2 aromatic rings. The number of fused-ring (bicyclic) bond motifs is 1. The summed E-state index contributed by atoms with van der Waals surface area (Å²) < 4.78 is 5.76. The molecule has 3 rings (SSSR count). The smallest absolute Gasteiger partial charge is 0.0951 e. The molecule has 0 spiro atoms. The number of nitrogens with zero attached hydrogens (tertiary/aromatic N) is 2. The molecule has 20 heavy (non-hydrogen) atoms. The maximum atomic E-state index is 6.02. The predicted molar refractivity (Wildman–Crippen MR) is 83.0 cm³/mol. The van der Waals surface area contributed by atoms with E-state index < -0.39 is 0 Å². The van der Waals surface area contributed by atoms with Crippen molar-refractivity contribution < 1.29 is 4.74 Å². The van der Waals surface area contributed by atoms with Crippen molar-refractivity contribution in [3.63, 3.8) is 0 Å². The van der Waals surface area contributed by atoms with Gasteiger partial charge in [-0.3, -0.25) is 4.98 Å². The maximum Gasteiger partial charge on any atom is 0.0951 e. The number of hydrogen-bond donors (Lipinski definition) is 1. The van der Waals surface area contributed by atoms with Crippen molar-refractivity contribution in [1.82, 2.24) is 4.98 Å². The van der Waals surface area contributed by atoms with Crippen molar-refractivity contribution in [2.24, 2.45) is 0 Å². The van der Waals surface area contributed by atoms with E-state index in [1.54, 1.807) is 6.20 Å². The molecule has 1 unspecified atom stereocenters. The number of benzene rings is 1. The largest absolute Gasteiger partial charge is 0.397 e. The lowest BCUT2D eigenvalue weighted by molar-refractivity contribution is 0.116. The van der Waals surface area contributed by atoms with Crippen molar-refractivity contribution in [3.05, 3.63) is 30.5 Å². The number of pyridine rings is 1. The topological polar surface area (TPSA) is 51.4 Å². The second-order valence-electron chi connectivity index (χ2n) is 5.25. The zero-order valence-electron chi connectivity index (χ0n) is 11.9. The minimum Gasteiger partial charge on any atom is -0.397 e. The number of nitrogens with two attached hydrogens (primary N) is 1. The van der Waals surface area contributed by atoms with Gasteiger partial charge in [-0.15, -0.1) is 0 Å². The van der Waals surface area contributed by atoms with Gasteiger partial charge >= 0.3 is 0 Å². The van der Waals surface area contributed by atoms with Crippen LogP contribution in [-0.4, -0.2) is 30.8 Å². The van der Waals surface area contributed by atoms with E-state index in [4.69, 9.17) is 10.5 Å². The Kier molecular flexibility index (Phi) is 3.74. The molecule has 0 amide bonds. The summed E-state index contributed by atoms with van der Waals surface area (Å²) in [5.41, 5.74) is 8.84. The van der Waals surface area contributed by atoms with Crippen LogP contribution in [0.25, 0.3) is 10.9 Å². The maximum absolute atomic E-state index is 6.02. The number of nitrogen functional groups attached to an aromatic ring is 1. The van der Waals surface area contributed by atoms with Gasteiger partial charge in [0.15, 0.2) is 0 Å². The third-order valence-electron chi connectivity index (χ3n) is 3.95. The second-order valence-corrected chi connectivity index (χ2v) is 5.25. The van der Waals surface area contributed by atoms with Crippen molar-refractivity contribution >= 4 is 22.3 Å². The van der Waals surface area contributed by atoms with Gasteiger partial charge in [0.25, 0.3) is 0 Å². The third-order valence-corrected chi connectivity index (χ3v) is 3.95. The number of anilines is 2. The lowest BCUT2D eigenvalue weighted by atomic mass is 10.1. The molecular weight excluding hydrogens is 250 g/mol. The molecule has 2 heterocycles. The molecule has 0 radical (unpaired) electrons. The standard InChI is InChI=1S/C16H21N3O/c1-2-19(11-12-5-4-10-20-12)15-8-7-14(17)16-13(15)6-3-9-18-16/h3,6-9,12H,2,4-5,10-11,17H2,1H3. The van der Waals surface area contributed by atoms with E-state index in [-0.39, 0.29) is 0 Å². The van der Waals surface area contributed by atoms with Gasteiger partial charge in [0.1, 0.15) is 0 Å². The van der Waals surface area contributed by atoms with Gasteiger partial charge in [0, 0.05) is 37.0 Å². The highest BCUT2D eigenvalue weighted by Gasteiger charge is 2.20. The van der Waals surface area contributed by atoms with Crippen LogP contribution in [-0.2, 0) is 4.74 Å². The first-order valence-electron chi connectivity index (χ1n) is 7.29. The highest BCUT2D eigenvalue weighted by molar-refractivity contribution is 5.98. The molecule has 4 nitrogen and oxygen atoms in total. The summed E-state index contributed by atoms with van der Waals surface area (Å²) >= 11 is 0. The highest BCUT2D eigenvalue weighted by atomic mass is 16.5. The predicted octanol–water partition coefficient (Wildman–Crippen LogP) is 2.82. The molecule has 1 aliphatic rings. The summed E-state index contributed by atoms with van der Waals surface area (Å²) in [6.07, 6.45) is 4.46. The van der Waals surface area contributed by atoms with Crippen LogP contribution in [0.3, 0.4) is 0 Å². The first-order chi connectivity index (χ1) is 9.79. The highest BCUT2D eigenvalue weighted by Crippen LogP contribution is 2.30. The minimum absolute atomic E-state index is 0.347. The van der Waals surface area contributed by atoms with Crippen molar-refractivity contribution in [2.45, 2.75) is 25.9 Å². The number of aromatic nitrogens is 1. The van der Waals surface area contributed by atoms with Crippen molar-refractivity contribution in [3.8, 4) is 0 Å². The molecule has 0 saturated carbocycles. The number of ether oxygens (including phenoxy) is 1. The first-order valence-corrected chi connectivity index (χ1v) is 7.29. The average molecular weight is 271 g/mol. The van der Waals surface area contributed by atoms with Crippen LogP contribution in [0.15, 0.2) is 30.5 Å².